The molecule has 1 unspecified atom stereocenters. The maximum atomic E-state index is 6.09. The number of aromatic nitrogens is 2. The van der Waals surface area contributed by atoms with E-state index in [4.69, 9.17) is 27.9 Å². The molecule has 0 amide bonds. The molecule has 0 aliphatic heterocycles. The number of benzene rings is 1. The summed E-state index contributed by atoms with van der Waals surface area (Å²) in [7, 11) is 0. The van der Waals surface area contributed by atoms with Gasteiger partial charge >= 0.3 is 0 Å². The Bertz CT molecular complexity index is 558. The van der Waals surface area contributed by atoms with Crippen molar-refractivity contribution < 1.29 is 4.74 Å². The number of imidazole rings is 1. The van der Waals surface area contributed by atoms with Gasteiger partial charge in [0.25, 0.3) is 0 Å². The van der Waals surface area contributed by atoms with Crippen LogP contribution in [0, 0.1) is 0 Å². The zero-order chi connectivity index (χ0) is 15.8. The molecule has 1 aromatic heterocycles. The molecule has 0 fully saturated rings. The zero-order valence-electron chi connectivity index (χ0n) is 12.8. The second kappa shape index (κ2) is 9.19. The van der Waals surface area contributed by atoms with E-state index in [1.54, 1.807) is 6.20 Å². The van der Waals surface area contributed by atoms with Crippen molar-refractivity contribution in [3.05, 3.63) is 52.5 Å². The summed E-state index contributed by atoms with van der Waals surface area (Å²) in [5, 5.41) is 1.15. The van der Waals surface area contributed by atoms with Gasteiger partial charge in [0, 0.05) is 18.9 Å². The average molecular weight is 341 g/mol. The smallest absolute Gasteiger partial charge is 0.0945 e. The lowest BCUT2D eigenvalue weighted by Crippen LogP contribution is -2.15. The molecule has 0 aliphatic carbocycles. The first-order chi connectivity index (χ1) is 10.7. The molecule has 2 aromatic rings. The molecule has 120 valence electrons. The van der Waals surface area contributed by atoms with Gasteiger partial charge in [0.05, 0.1) is 29.1 Å². The van der Waals surface area contributed by atoms with E-state index in [9.17, 15) is 0 Å². The predicted octanol–water partition coefficient (Wildman–Crippen LogP) is 5.36. The number of halogens is 2. The van der Waals surface area contributed by atoms with Crippen LogP contribution in [0.5, 0.6) is 0 Å². The van der Waals surface area contributed by atoms with Gasteiger partial charge in [0.2, 0.25) is 0 Å². The lowest BCUT2D eigenvalue weighted by molar-refractivity contribution is 0.0253. The molecule has 1 atom stereocenters. The Balaban J connectivity index is 1.86. The highest BCUT2D eigenvalue weighted by molar-refractivity contribution is 6.42. The zero-order valence-corrected chi connectivity index (χ0v) is 14.4. The summed E-state index contributed by atoms with van der Waals surface area (Å²) in [6.07, 6.45) is 10.3. The van der Waals surface area contributed by atoms with Gasteiger partial charge in [0.1, 0.15) is 0 Å². The van der Waals surface area contributed by atoms with E-state index < -0.39 is 0 Å². The first kappa shape index (κ1) is 17.3. The second-order valence-electron chi connectivity index (χ2n) is 5.41. The van der Waals surface area contributed by atoms with E-state index in [2.05, 4.69) is 16.5 Å². The maximum Gasteiger partial charge on any atom is 0.0945 e. The molecule has 1 aromatic carbocycles. The van der Waals surface area contributed by atoms with E-state index in [1.165, 1.54) is 12.8 Å². The van der Waals surface area contributed by atoms with E-state index in [0.29, 0.717) is 16.7 Å². The van der Waals surface area contributed by atoms with Gasteiger partial charge in [-0.1, -0.05) is 49.0 Å². The van der Waals surface area contributed by atoms with Crippen molar-refractivity contribution in [3.63, 3.8) is 0 Å². The van der Waals surface area contributed by atoms with E-state index in [0.717, 1.165) is 24.9 Å². The van der Waals surface area contributed by atoms with Gasteiger partial charge in [-0.3, -0.25) is 0 Å². The molecule has 0 radical (unpaired) electrons. The van der Waals surface area contributed by atoms with Crippen LogP contribution in [0.3, 0.4) is 0 Å². The standard InChI is InChI=1S/C17H22Cl2N2O/c1-2-3-4-15(7-9-21-10-8-20-13-21)22-12-14-5-6-16(18)17(19)11-14/h5-6,8,10-11,13,15H,2-4,7,9,12H2,1H3. The monoisotopic (exact) mass is 340 g/mol. The van der Waals surface area contributed by atoms with Gasteiger partial charge in [0.15, 0.2) is 0 Å². The van der Waals surface area contributed by atoms with Crippen molar-refractivity contribution in [1.29, 1.82) is 0 Å². The van der Waals surface area contributed by atoms with Gasteiger partial charge in [-0.15, -0.1) is 0 Å². The third-order valence-corrected chi connectivity index (χ3v) is 4.36. The second-order valence-corrected chi connectivity index (χ2v) is 6.23. The van der Waals surface area contributed by atoms with Crippen LogP contribution in [-0.2, 0) is 17.9 Å². The minimum atomic E-state index is 0.247. The van der Waals surface area contributed by atoms with Crippen LogP contribution < -0.4 is 0 Å². The number of ether oxygens (including phenoxy) is 1. The molecule has 0 N–H and O–H groups in total. The highest BCUT2D eigenvalue weighted by Gasteiger charge is 2.10. The fourth-order valence-corrected chi connectivity index (χ4v) is 2.62. The molecule has 0 saturated heterocycles. The summed E-state index contributed by atoms with van der Waals surface area (Å²) in [5.41, 5.74) is 1.05. The van der Waals surface area contributed by atoms with Crippen molar-refractivity contribution in [1.82, 2.24) is 9.55 Å². The molecular formula is C17H22Cl2N2O. The van der Waals surface area contributed by atoms with E-state index >= 15 is 0 Å². The number of unbranched alkanes of at least 4 members (excludes halogenated alkanes) is 1. The van der Waals surface area contributed by atoms with Crippen molar-refractivity contribution in [2.24, 2.45) is 0 Å². The van der Waals surface area contributed by atoms with Crippen LogP contribution in [0.25, 0.3) is 0 Å². The Kier molecular flexibility index (Phi) is 7.23. The summed E-state index contributed by atoms with van der Waals surface area (Å²) in [6, 6.07) is 5.65. The van der Waals surface area contributed by atoms with Crippen LogP contribution in [0.4, 0.5) is 0 Å². The van der Waals surface area contributed by atoms with E-state index in [-0.39, 0.29) is 6.10 Å². The quantitative estimate of drug-likeness (QED) is 0.614. The molecular weight excluding hydrogens is 319 g/mol. The molecule has 5 heteroatoms. The number of nitrogens with zero attached hydrogens (tertiary/aromatic N) is 2. The molecule has 22 heavy (non-hydrogen) atoms. The Hall–Kier alpha value is -1.03. The number of rotatable bonds is 9. The molecule has 3 nitrogen and oxygen atoms in total. The normalized spacial score (nSPS) is 12.5. The molecule has 1 heterocycles. The van der Waals surface area contributed by atoms with Crippen LogP contribution in [0.15, 0.2) is 36.9 Å². The third-order valence-electron chi connectivity index (χ3n) is 3.62. The van der Waals surface area contributed by atoms with E-state index in [1.807, 2.05) is 30.7 Å². The molecule has 2 rings (SSSR count). The Morgan fingerprint density at radius 3 is 2.77 bits per heavy atom. The SMILES string of the molecule is CCCCC(CCn1ccnc1)OCc1ccc(Cl)c(Cl)c1. The van der Waals surface area contributed by atoms with Gasteiger partial charge in [-0.05, 0) is 30.5 Å². The van der Waals surface area contributed by atoms with Crippen LogP contribution in [0.2, 0.25) is 10.0 Å². The Labute approximate surface area is 142 Å². The Morgan fingerprint density at radius 2 is 2.09 bits per heavy atom. The highest BCUT2D eigenvalue weighted by Crippen LogP contribution is 2.23. The lowest BCUT2D eigenvalue weighted by atomic mass is 10.1. The molecule has 0 bridgehead atoms. The first-order valence-electron chi connectivity index (χ1n) is 7.70. The topological polar surface area (TPSA) is 27.1 Å². The van der Waals surface area contributed by atoms with Gasteiger partial charge < -0.3 is 9.30 Å². The van der Waals surface area contributed by atoms with Crippen LogP contribution in [-0.4, -0.2) is 15.7 Å². The largest absolute Gasteiger partial charge is 0.373 e. The number of hydrogen-bond donors (Lipinski definition) is 0. The number of aryl methyl sites for hydroxylation is 1. The summed E-state index contributed by atoms with van der Waals surface area (Å²) < 4.78 is 8.17. The minimum absolute atomic E-state index is 0.247. The molecule has 0 aliphatic rings. The third kappa shape index (κ3) is 5.64. The molecule has 0 saturated carbocycles. The van der Waals surface area contributed by atoms with Crippen molar-refractivity contribution in [2.45, 2.75) is 51.9 Å². The lowest BCUT2D eigenvalue weighted by Gasteiger charge is -2.18. The fraction of sp³-hybridized carbons (Fsp3) is 0.471. The summed E-state index contributed by atoms with van der Waals surface area (Å²) in [5.74, 6) is 0. The first-order valence-corrected chi connectivity index (χ1v) is 8.46. The van der Waals surface area contributed by atoms with Crippen molar-refractivity contribution >= 4 is 23.2 Å². The predicted molar refractivity (Wildman–Crippen MR) is 91.4 cm³/mol. The number of hydrogen-bond acceptors (Lipinski definition) is 2. The fourth-order valence-electron chi connectivity index (χ4n) is 2.30. The summed E-state index contributed by atoms with van der Waals surface area (Å²) in [4.78, 5) is 4.07. The minimum Gasteiger partial charge on any atom is -0.373 e. The van der Waals surface area contributed by atoms with Crippen LogP contribution >= 0.6 is 23.2 Å². The van der Waals surface area contributed by atoms with Crippen molar-refractivity contribution in [3.8, 4) is 0 Å². The average Bonchev–Trinajstić information content (AvgIpc) is 3.03. The van der Waals surface area contributed by atoms with Gasteiger partial charge in [-0.25, -0.2) is 4.98 Å². The Morgan fingerprint density at radius 1 is 1.23 bits per heavy atom. The van der Waals surface area contributed by atoms with Crippen molar-refractivity contribution in [2.75, 3.05) is 0 Å². The molecule has 0 spiro atoms. The maximum absolute atomic E-state index is 6.09. The van der Waals surface area contributed by atoms with Gasteiger partial charge in [-0.2, -0.15) is 0 Å². The van der Waals surface area contributed by atoms with Crippen LogP contribution in [0.1, 0.15) is 38.2 Å². The highest BCUT2D eigenvalue weighted by atomic mass is 35.5. The summed E-state index contributed by atoms with van der Waals surface area (Å²) >= 11 is 12.0. The summed E-state index contributed by atoms with van der Waals surface area (Å²) in [6.45, 7) is 3.69.